The van der Waals surface area contributed by atoms with E-state index in [9.17, 15) is 0 Å². The maximum Gasteiger partial charge on any atom is 0.0644 e. The number of hydrogen-bond donors (Lipinski definition) is 0. The molecule has 38 heavy (non-hydrogen) atoms. The van der Waals surface area contributed by atoms with Gasteiger partial charge in [0, 0.05) is 0 Å². The van der Waals surface area contributed by atoms with E-state index in [-0.39, 0.29) is 5.41 Å². The van der Waals surface area contributed by atoms with Gasteiger partial charge in [-0.3, -0.25) is 0 Å². The number of benzene rings is 3. The first kappa shape index (κ1) is 25.7. The monoisotopic (exact) mass is 494 g/mol. The smallest absolute Gasteiger partial charge is 0.0644 e. The Morgan fingerprint density at radius 2 is 1.68 bits per heavy atom. The van der Waals surface area contributed by atoms with Crippen molar-refractivity contribution >= 4 is 5.57 Å². The Bertz CT molecular complexity index is 1440. The first-order valence-electron chi connectivity index (χ1n) is 14.0. The van der Waals surface area contributed by atoms with Crippen molar-refractivity contribution in [1.82, 2.24) is 0 Å². The van der Waals surface area contributed by atoms with Crippen molar-refractivity contribution < 1.29 is 0 Å². The Balaban J connectivity index is 1.71. The van der Waals surface area contributed by atoms with Crippen molar-refractivity contribution in [2.75, 3.05) is 0 Å². The highest BCUT2D eigenvalue weighted by Crippen LogP contribution is 2.55. The standard InChI is InChI=1S/C38H38/c1-4-6-7-16-27-38(32-19-12-9-13-20-32)36-22-15-14-21-34(36)35-26-24-31(28-37(35)38)33(29(3)5-2)25-23-30-17-10-8-11-18-30/h4,6-8,10-12,14-22,24-29H,1,5,9,13,23H2,2-3H3/b7-6-,27-16?,33-25+. The summed E-state index contributed by atoms with van der Waals surface area (Å²) in [6, 6.07) is 27.0. The highest BCUT2D eigenvalue weighted by atomic mass is 14.4. The average molecular weight is 495 g/mol. The van der Waals surface area contributed by atoms with Crippen LogP contribution in [0.2, 0.25) is 0 Å². The molecule has 2 unspecified atom stereocenters. The first-order valence-corrected chi connectivity index (χ1v) is 14.0. The minimum absolute atomic E-state index is 0.315. The SMILES string of the molecule is C=C/C=C\C=CC1(C2=CCCC=C2)c2ccccc2-c2ccc(/C(=C/Cc3ccccc3)C(C)CC)cc21. The van der Waals surface area contributed by atoms with E-state index in [0.29, 0.717) is 5.92 Å². The molecule has 0 amide bonds. The number of rotatable bonds is 9. The van der Waals surface area contributed by atoms with Crippen LogP contribution in [0.3, 0.4) is 0 Å². The van der Waals surface area contributed by atoms with Crippen LogP contribution in [0.15, 0.2) is 140 Å². The first-order chi connectivity index (χ1) is 18.7. The Labute approximate surface area is 229 Å². The van der Waals surface area contributed by atoms with Crippen LogP contribution in [0.5, 0.6) is 0 Å². The fourth-order valence-electron chi connectivity index (χ4n) is 5.99. The van der Waals surface area contributed by atoms with Gasteiger partial charge in [-0.2, -0.15) is 0 Å². The minimum atomic E-state index is -0.315. The topological polar surface area (TPSA) is 0 Å². The molecule has 2 atom stereocenters. The summed E-state index contributed by atoms with van der Waals surface area (Å²) in [6.45, 7) is 8.51. The average Bonchev–Trinajstić information content (AvgIpc) is 3.26. The summed E-state index contributed by atoms with van der Waals surface area (Å²) in [5.74, 6) is 0.481. The highest BCUT2D eigenvalue weighted by Gasteiger charge is 2.43. The molecule has 3 aromatic carbocycles. The molecule has 0 radical (unpaired) electrons. The van der Waals surface area contributed by atoms with E-state index in [2.05, 4.69) is 136 Å². The van der Waals surface area contributed by atoms with Gasteiger partial charge in [0.1, 0.15) is 0 Å². The van der Waals surface area contributed by atoms with Gasteiger partial charge in [0.25, 0.3) is 0 Å². The van der Waals surface area contributed by atoms with Crippen LogP contribution in [-0.2, 0) is 11.8 Å². The van der Waals surface area contributed by atoms with E-state index in [1.165, 1.54) is 44.5 Å². The maximum atomic E-state index is 3.85. The Morgan fingerprint density at radius 1 is 0.895 bits per heavy atom. The second kappa shape index (κ2) is 11.7. The highest BCUT2D eigenvalue weighted by molar-refractivity contribution is 5.87. The van der Waals surface area contributed by atoms with Crippen LogP contribution < -0.4 is 0 Å². The van der Waals surface area contributed by atoms with Gasteiger partial charge in [0.2, 0.25) is 0 Å². The molecule has 5 rings (SSSR count). The van der Waals surface area contributed by atoms with Gasteiger partial charge in [0.05, 0.1) is 5.41 Å². The summed E-state index contributed by atoms with van der Waals surface area (Å²) in [5.41, 5.74) is 10.6. The van der Waals surface area contributed by atoms with Gasteiger partial charge in [-0.15, -0.1) is 0 Å². The lowest BCUT2D eigenvalue weighted by atomic mass is 9.70. The van der Waals surface area contributed by atoms with Crippen molar-refractivity contribution in [3.63, 3.8) is 0 Å². The lowest BCUT2D eigenvalue weighted by Gasteiger charge is -2.32. The second-order valence-electron chi connectivity index (χ2n) is 10.4. The molecule has 0 saturated carbocycles. The van der Waals surface area contributed by atoms with Gasteiger partial charge in [-0.05, 0) is 82.2 Å². The van der Waals surface area contributed by atoms with Crippen LogP contribution in [-0.4, -0.2) is 0 Å². The predicted molar refractivity (Wildman–Crippen MR) is 165 cm³/mol. The molecular weight excluding hydrogens is 456 g/mol. The third-order valence-corrected chi connectivity index (χ3v) is 8.12. The molecule has 190 valence electrons. The maximum absolute atomic E-state index is 3.85. The normalized spacial score (nSPS) is 19.4. The molecule has 0 spiro atoms. The van der Waals surface area contributed by atoms with Crippen LogP contribution in [0.4, 0.5) is 0 Å². The van der Waals surface area contributed by atoms with Crippen LogP contribution in [0.1, 0.15) is 55.4 Å². The molecule has 0 nitrogen and oxygen atoms in total. The zero-order chi connectivity index (χ0) is 26.4. The molecule has 3 aromatic rings. The second-order valence-corrected chi connectivity index (χ2v) is 10.4. The largest absolute Gasteiger partial charge is 0.0991 e. The van der Waals surface area contributed by atoms with Crippen molar-refractivity contribution in [1.29, 1.82) is 0 Å². The van der Waals surface area contributed by atoms with E-state index < -0.39 is 0 Å². The van der Waals surface area contributed by atoms with Gasteiger partial charge < -0.3 is 0 Å². The molecule has 0 heterocycles. The summed E-state index contributed by atoms with van der Waals surface area (Å²) in [5, 5.41) is 0. The van der Waals surface area contributed by atoms with Crippen molar-refractivity contribution in [3.05, 3.63) is 162 Å². The molecule has 2 aliphatic rings. The lowest BCUT2D eigenvalue weighted by molar-refractivity contribution is 0.715. The molecule has 0 heteroatoms. The van der Waals surface area contributed by atoms with Gasteiger partial charge >= 0.3 is 0 Å². The van der Waals surface area contributed by atoms with E-state index in [4.69, 9.17) is 0 Å². The number of fused-ring (bicyclic) bond motifs is 3. The minimum Gasteiger partial charge on any atom is -0.0991 e. The van der Waals surface area contributed by atoms with Crippen LogP contribution >= 0.6 is 0 Å². The van der Waals surface area contributed by atoms with Gasteiger partial charge in [-0.25, -0.2) is 0 Å². The van der Waals surface area contributed by atoms with E-state index >= 15 is 0 Å². The number of allylic oxidation sites excluding steroid dienone is 11. The third-order valence-electron chi connectivity index (χ3n) is 8.12. The molecule has 0 aliphatic heterocycles. The van der Waals surface area contributed by atoms with Crippen molar-refractivity contribution in [3.8, 4) is 11.1 Å². The summed E-state index contributed by atoms with van der Waals surface area (Å²) in [4.78, 5) is 0. The van der Waals surface area contributed by atoms with E-state index in [0.717, 1.165) is 25.7 Å². The summed E-state index contributed by atoms with van der Waals surface area (Å²) in [7, 11) is 0. The molecule has 2 aliphatic carbocycles. The zero-order valence-corrected chi connectivity index (χ0v) is 22.7. The quantitative estimate of drug-likeness (QED) is 0.260. The summed E-state index contributed by atoms with van der Waals surface area (Å²) < 4.78 is 0. The zero-order valence-electron chi connectivity index (χ0n) is 22.7. The van der Waals surface area contributed by atoms with Gasteiger partial charge in [-0.1, -0.05) is 142 Å². The third kappa shape index (κ3) is 4.84. The molecular formula is C38H38. The van der Waals surface area contributed by atoms with Crippen molar-refractivity contribution in [2.24, 2.45) is 5.92 Å². The van der Waals surface area contributed by atoms with Crippen LogP contribution in [0.25, 0.3) is 16.7 Å². The van der Waals surface area contributed by atoms with E-state index in [1.54, 1.807) is 0 Å². The predicted octanol–water partition coefficient (Wildman–Crippen LogP) is 10.2. The fourth-order valence-corrected chi connectivity index (χ4v) is 5.99. The number of hydrogen-bond acceptors (Lipinski definition) is 0. The summed E-state index contributed by atoms with van der Waals surface area (Å²) >= 11 is 0. The summed E-state index contributed by atoms with van der Waals surface area (Å²) in [6.07, 6.45) is 24.4. The Morgan fingerprint density at radius 3 is 2.45 bits per heavy atom. The lowest BCUT2D eigenvalue weighted by Crippen LogP contribution is -2.25. The van der Waals surface area contributed by atoms with E-state index in [1.807, 2.05) is 12.2 Å². The van der Waals surface area contributed by atoms with Crippen molar-refractivity contribution in [2.45, 2.75) is 44.9 Å². The molecule has 0 N–H and O–H groups in total. The van der Waals surface area contributed by atoms with Gasteiger partial charge in [0.15, 0.2) is 0 Å². The molecule has 0 aromatic heterocycles. The molecule has 0 bridgehead atoms. The Hall–Kier alpha value is -3.90. The van der Waals surface area contributed by atoms with Crippen LogP contribution in [0, 0.1) is 5.92 Å². The molecule has 0 saturated heterocycles. The molecule has 0 fully saturated rings. The fraction of sp³-hybridized carbons (Fsp3) is 0.211. The Kier molecular flexibility index (Phi) is 7.89.